The van der Waals surface area contributed by atoms with Crippen LogP contribution in [0.15, 0.2) is 53.2 Å². The highest BCUT2D eigenvalue weighted by Gasteiger charge is 2.11. The molecule has 0 atom stereocenters. The molecule has 8 nitrogen and oxygen atoms in total. The first-order valence-corrected chi connectivity index (χ1v) is 9.01. The van der Waals surface area contributed by atoms with Gasteiger partial charge in [0.1, 0.15) is 18.2 Å². The van der Waals surface area contributed by atoms with E-state index in [2.05, 4.69) is 15.1 Å². The zero-order chi connectivity index (χ0) is 18.8. The van der Waals surface area contributed by atoms with Crippen molar-refractivity contribution in [3.63, 3.8) is 0 Å². The second kappa shape index (κ2) is 7.12. The summed E-state index contributed by atoms with van der Waals surface area (Å²) in [6, 6.07) is 7.00. The smallest absolute Gasteiger partial charge is 0.326 e. The van der Waals surface area contributed by atoms with Gasteiger partial charge in [0.05, 0.1) is 29.1 Å². The van der Waals surface area contributed by atoms with E-state index in [1.165, 1.54) is 22.2 Å². The van der Waals surface area contributed by atoms with Crippen LogP contribution in [-0.4, -0.2) is 30.3 Å². The van der Waals surface area contributed by atoms with Crippen molar-refractivity contribution < 1.29 is 9.53 Å². The molecule has 0 spiro atoms. The average Bonchev–Trinajstić information content (AvgIpc) is 3.31. The SMILES string of the molecule is Cn1cc(-c2nc(COC(=O)Cn3cnc4ccccc4c3=O)cs2)cn1. The summed E-state index contributed by atoms with van der Waals surface area (Å²) in [5.41, 5.74) is 1.88. The van der Waals surface area contributed by atoms with Gasteiger partial charge in [0.15, 0.2) is 0 Å². The zero-order valence-corrected chi connectivity index (χ0v) is 15.2. The molecule has 0 radical (unpaired) electrons. The minimum absolute atomic E-state index is 0.0470. The number of para-hydroxylation sites is 1. The molecular formula is C18H15N5O3S. The monoisotopic (exact) mass is 381 g/mol. The number of hydrogen-bond donors (Lipinski definition) is 0. The Kier molecular flexibility index (Phi) is 4.51. The number of aromatic nitrogens is 5. The van der Waals surface area contributed by atoms with Crippen LogP contribution in [-0.2, 0) is 29.7 Å². The predicted molar refractivity (Wildman–Crippen MR) is 100 cm³/mol. The van der Waals surface area contributed by atoms with E-state index < -0.39 is 5.97 Å². The van der Waals surface area contributed by atoms with Crippen molar-refractivity contribution in [2.75, 3.05) is 0 Å². The lowest BCUT2D eigenvalue weighted by molar-refractivity contribution is -0.145. The van der Waals surface area contributed by atoms with Gasteiger partial charge in [0.25, 0.3) is 5.56 Å². The summed E-state index contributed by atoms with van der Waals surface area (Å²) in [6.45, 7) is -0.151. The molecule has 27 heavy (non-hydrogen) atoms. The summed E-state index contributed by atoms with van der Waals surface area (Å²) in [5.74, 6) is -0.523. The summed E-state index contributed by atoms with van der Waals surface area (Å²) in [4.78, 5) is 33.1. The Hall–Kier alpha value is -3.33. The van der Waals surface area contributed by atoms with Crippen LogP contribution in [0.5, 0.6) is 0 Å². The first-order chi connectivity index (χ1) is 13.1. The molecule has 0 N–H and O–H groups in total. The Morgan fingerprint density at radius 1 is 1.30 bits per heavy atom. The molecule has 0 aliphatic carbocycles. The molecular weight excluding hydrogens is 366 g/mol. The minimum Gasteiger partial charge on any atom is -0.458 e. The summed E-state index contributed by atoms with van der Waals surface area (Å²) < 4.78 is 8.19. The number of ether oxygens (including phenoxy) is 1. The van der Waals surface area contributed by atoms with Gasteiger partial charge in [0.2, 0.25) is 0 Å². The van der Waals surface area contributed by atoms with E-state index in [0.717, 1.165) is 10.6 Å². The Balaban J connectivity index is 1.41. The number of carbonyl (C=O) groups excluding carboxylic acids is 1. The molecule has 3 heterocycles. The quantitative estimate of drug-likeness (QED) is 0.491. The molecule has 9 heteroatoms. The molecule has 136 valence electrons. The highest BCUT2D eigenvalue weighted by atomic mass is 32.1. The molecule has 0 saturated carbocycles. The van der Waals surface area contributed by atoms with E-state index in [4.69, 9.17) is 4.74 Å². The number of thiazole rings is 1. The highest BCUT2D eigenvalue weighted by Crippen LogP contribution is 2.23. The van der Waals surface area contributed by atoms with E-state index >= 15 is 0 Å². The van der Waals surface area contributed by atoms with Gasteiger partial charge in [-0.2, -0.15) is 5.10 Å². The maximum atomic E-state index is 12.4. The fourth-order valence-corrected chi connectivity index (χ4v) is 3.38. The number of carbonyl (C=O) groups is 1. The van der Waals surface area contributed by atoms with E-state index in [0.29, 0.717) is 16.6 Å². The molecule has 0 aliphatic rings. The first-order valence-electron chi connectivity index (χ1n) is 8.13. The maximum Gasteiger partial charge on any atom is 0.326 e. The van der Waals surface area contributed by atoms with Crippen LogP contribution in [0.3, 0.4) is 0 Å². The molecule has 0 fully saturated rings. The molecule has 4 rings (SSSR count). The summed E-state index contributed by atoms with van der Waals surface area (Å²) in [5, 5.41) is 7.22. The number of hydrogen-bond acceptors (Lipinski definition) is 7. The van der Waals surface area contributed by atoms with Gasteiger partial charge in [-0.15, -0.1) is 11.3 Å². The fourth-order valence-electron chi connectivity index (χ4n) is 2.60. The summed E-state index contributed by atoms with van der Waals surface area (Å²) >= 11 is 1.45. The molecule has 0 aliphatic heterocycles. The lowest BCUT2D eigenvalue weighted by Gasteiger charge is -2.06. The largest absolute Gasteiger partial charge is 0.458 e. The van der Waals surface area contributed by atoms with Crippen LogP contribution >= 0.6 is 11.3 Å². The van der Waals surface area contributed by atoms with E-state index in [-0.39, 0.29) is 18.7 Å². The lowest BCUT2D eigenvalue weighted by atomic mass is 10.2. The van der Waals surface area contributed by atoms with Crippen molar-refractivity contribution in [3.05, 3.63) is 64.4 Å². The van der Waals surface area contributed by atoms with Crippen molar-refractivity contribution in [3.8, 4) is 10.6 Å². The van der Waals surface area contributed by atoms with Gasteiger partial charge in [0, 0.05) is 24.2 Å². The molecule has 0 bridgehead atoms. The lowest BCUT2D eigenvalue weighted by Crippen LogP contribution is -2.25. The third-order valence-electron chi connectivity index (χ3n) is 3.92. The molecule has 0 unspecified atom stereocenters. The van der Waals surface area contributed by atoms with E-state index in [9.17, 15) is 9.59 Å². The number of aryl methyl sites for hydroxylation is 1. The van der Waals surface area contributed by atoms with Crippen molar-refractivity contribution in [1.29, 1.82) is 0 Å². The Morgan fingerprint density at radius 3 is 2.96 bits per heavy atom. The Bertz CT molecular complexity index is 1180. The minimum atomic E-state index is -0.523. The van der Waals surface area contributed by atoms with Crippen LogP contribution in [0.25, 0.3) is 21.5 Å². The van der Waals surface area contributed by atoms with Crippen molar-refractivity contribution >= 4 is 28.2 Å². The molecule has 4 aromatic rings. The number of fused-ring (bicyclic) bond motifs is 1. The topological polar surface area (TPSA) is 91.9 Å². The van der Waals surface area contributed by atoms with Gasteiger partial charge in [-0.05, 0) is 12.1 Å². The van der Waals surface area contributed by atoms with Gasteiger partial charge in [-0.1, -0.05) is 12.1 Å². The third-order valence-corrected chi connectivity index (χ3v) is 4.86. The fraction of sp³-hybridized carbons (Fsp3) is 0.167. The second-order valence-electron chi connectivity index (χ2n) is 5.90. The Labute approximate surface area is 157 Å². The standard InChI is InChI=1S/C18H15N5O3S/c1-22-7-12(6-20-22)17-21-13(10-27-17)9-26-16(24)8-23-11-19-15-5-3-2-4-14(15)18(23)25/h2-7,10-11H,8-9H2,1H3. The van der Waals surface area contributed by atoms with Crippen LogP contribution < -0.4 is 5.56 Å². The van der Waals surface area contributed by atoms with Gasteiger partial charge >= 0.3 is 5.97 Å². The normalized spacial score (nSPS) is 11.0. The average molecular weight is 381 g/mol. The van der Waals surface area contributed by atoms with Gasteiger partial charge < -0.3 is 4.74 Å². The molecule has 3 aromatic heterocycles. The van der Waals surface area contributed by atoms with Crippen molar-refractivity contribution in [2.24, 2.45) is 7.05 Å². The van der Waals surface area contributed by atoms with Gasteiger partial charge in [-0.3, -0.25) is 18.8 Å². The summed E-state index contributed by atoms with van der Waals surface area (Å²) in [6.07, 6.45) is 4.96. The zero-order valence-electron chi connectivity index (χ0n) is 14.4. The predicted octanol–water partition coefficient (Wildman–Crippen LogP) is 2.00. The van der Waals surface area contributed by atoms with Crippen LogP contribution in [0, 0.1) is 0 Å². The number of esters is 1. The molecule has 1 aromatic carbocycles. The molecule has 0 amide bonds. The highest BCUT2D eigenvalue weighted by molar-refractivity contribution is 7.13. The van der Waals surface area contributed by atoms with Crippen molar-refractivity contribution in [1.82, 2.24) is 24.3 Å². The van der Waals surface area contributed by atoms with E-state index in [1.54, 1.807) is 35.1 Å². The van der Waals surface area contributed by atoms with Crippen LogP contribution in [0.2, 0.25) is 0 Å². The van der Waals surface area contributed by atoms with Crippen molar-refractivity contribution in [2.45, 2.75) is 13.2 Å². The maximum absolute atomic E-state index is 12.4. The molecule has 0 saturated heterocycles. The first kappa shape index (κ1) is 17.1. The summed E-state index contributed by atoms with van der Waals surface area (Å²) in [7, 11) is 1.84. The number of benzene rings is 1. The van der Waals surface area contributed by atoms with Gasteiger partial charge in [-0.25, -0.2) is 9.97 Å². The Morgan fingerprint density at radius 2 is 2.15 bits per heavy atom. The second-order valence-corrected chi connectivity index (χ2v) is 6.76. The van der Waals surface area contributed by atoms with Crippen LogP contribution in [0.4, 0.5) is 0 Å². The number of nitrogens with zero attached hydrogens (tertiary/aromatic N) is 5. The number of rotatable bonds is 5. The van der Waals surface area contributed by atoms with E-state index in [1.807, 2.05) is 18.6 Å². The van der Waals surface area contributed by atoms with Crippen LogP contribution in [0.1, 0.15) is 5.69 Å². The third kappa shape index (κ3) is 3.63.